The predicted octanol–water partition coefficient (Wildman–Crippen LogP) is 0.530. The quantitative estimate of drug-likeness (QED) is 0.831. The lowest BCUT2D eigenvalue weighted by Crippen LogP contribution is -2.42. The van der Waals surface area contributed by atoms with Crippen LogP contribution in [-0.2, 0) is 9.59 Å². The molecule has 118 valence electrons. The Morgan fingerprint density at radius 1 is 1.14 bits per heavy atom. The van der Waals surface area contributed by atoms with Crippen LogP contribution in [0.5, 0.6) is 0 Å². The normalized spacial score (nSPS) is 15.4. The van der Waals surface area contributed by atoms with Crippen molar-refractivity contribution in [3.8, 4) is 0 Å². The topological polar surface area (TPSA) is 92.5 Å². The van der Waals surface area contributed by atoms with Gasteiger partial charge in [0.2, 0.25) is 11.8 Å². The molecule has 1 aromatic carbocycles. The van der Waals surface area contributed by atoms with Gasteiger partial charge in [-0.2, -0.15) is 0 Å². The van der Waals surface area contributed by atoms with E-state index in [9.17, 15) is 14.4 Å². The summed E-state index contributed by atoms with van der Waals surface area (Å²) >= 11 is 0. The second-order valence-corrected chi connectivity index (χ2v) is 5.43. The molecule has 1 aliphatic rings. The minimum atomic E-state index is -0.290. The van der Waals surface area contributed by atoms with Crippen molar-refractivity contribution in [2.24, 2.45) is 11.7 Å². The molecule has 0 saturated carbocycles. The summed E-state index contributed by atoms with van der Waals surface area (Å²) in [6.07, 6.45) is 1.51. The monoisotopic (exact) mass is 303 g/mol. The zero-order valence-corrected chi connectivity index (χ0v) is 12.5. The Morgan fingerprint density at radius 2 is 1.77 bits per heavy atom. The molecule has 6 nitrogen and oxygen atoms in total. The van der Waals surface area contributed by atoms with E-state index in [-0.39, 0.29) is 30.1 Å². The fraction of sp³-hybridized carbons (Fsp3) is 0.438. The van der Waals surface area contributed by atoms with E-state index < -0.39 is 0 Å². The van der Waals surface area contributed by atoms with Gasteiger partial charge >= 0.3 is 0 Å². The summed E-state index contributed by atoms with van der Waals surface area (Å²) in [5, 5.41) is 2.74. The highest BCUT2D eigenvalue weighted by molar-refractivity contribution is 5.94. The fourth-order valence-electron chi connectivity index (χ4n) is 2.55. The lowest BCUT2D eigenvalue weighted by molar-refractivity contribution is -0.134. The van der Waals surface area contributed by atoms with Gasteiger partial charge in [0.05, 0.1) is 0 Å². The number of hydrogen-bond donors (Lipinski definition) is 2. The van der Waals surface area contributed by atoms with Crippen molar-refractivity contribution in [3.63, 3.8) is 0 Å². The first kappa shape index (κ1) is 16.0. The summed E-state index contributed by atoms with van der Waals surface area (Å²) in [5.74, 6) is -0.596. The molecule has 1 saturated heterocycles. The third-order valence-corrected chi connectivity index (χ3v) is 3.91. The van der Waals surface area contributed by atoms with E-state index >= 15 is 0 Å². The first-order chi connectivity index (χ1) is 10.6. The van der Waals surface area contributed by atoms with Gasteiger partial charge in [-0.25, -0.2) is 0 Å². The zero-order chi connectivity index (χ0) is 15.9. The number of carbonyl (C=O) groups excluding carboxylic acids is 3. The van der Waals surface area contributed by atoms with Crippen molar-refractivity contribution in [1.82, 2.24) is 10.2 Å². The number of nitrogens with two attached hydrogens (primary N) is 1. The molecule has 0 radical (unpaired) electrons. The molecule has 3 N–H and O–H groups in total. The van der Waals surface area contributed by atoms with Crippen molar-refractivity contribution in [1.29, 1.82) is 0 Å². The second-order valence-electron chi connectivity index (χ2n) is 5.43. The summed E-state index contributed by atoms with van der Waals surface area (Å²) in [7, 11) is 0. The summed E-state index contributed by atoms with van der Waals surface area (Å²) in [5.41, 5.74) is 5.85. The van der Waals surface area contributed by atoms with E-state index in [2.05, 4.69) is 5.32 Å². The lowest BCUT2D eigenvalue weighted by Gasteiger charge is -2.30. The van der Waals surface area contributed by atoms with E-state index in [1.54, 1.807) is 29.2 Å². The Morgan fingerprint density at radius 3 is 2.36 bits per heavy atom. The molecule has 0 aromatic heterocycles. The molecule has 1 heterocycles. The maximum Gasteiger partial charge on any atom is 0.251 e. The molecule has 0 bridgehead atoms. The summed E-state index contributed by atoms with van der Waals surface area (Å²) in [6, 6.07) is 8.89. The number of likely N-dealkylation sites (tertiary alicyclic amines) is 1. The second kappa shape index (κ2) is 7.59. The molecule has 0 aliphatic carbocycles. The van der Waals surface area contributed by atoms with Gasteiger partial charge in [-0.3, -0.25) is 14.4 Å². The highest BCUT2D eigenvalue weighted by atomic mass is 16.2. The lowest BCUT2D eigenvalue weighted by atomic mass is 9.96. The van der Waals surface area contributed by atoms with Crippen molar-refractivity contribution in [3.05, 3.63) is 35.9 Å². The Balaban J connectivity index is 1.70. The maximum atomic E-state index is 12.1. The minimum absolute atomic E-state index is 0.00344. The van der Waals surface area contributed by atoms with E-state index in [1.807, 2.05) is 6.07 Å². The van der Waals surface area contributed by atoms with Gasteiger partial charge in [-0.1, -0.05) is 18.2 Å². The van der Waals surface area contributed by atoms with Crippen LogP contribution in [0.25, 0.3) is 0 Å². The number of carbonyl (C=O) groups is 3. The number of rotatable bonds is 5. The number of nitrogens with zero attached hydrogens (tertiary/aromatic N) is 1. The zero-order valence-electron chi connectivity index (χ0n) is 12.5. The summed E-state index contributed by atoms with van der Waals surface area (Å²) < 4.78 is 0. The average Bonchev–Trinajstić information content (AvgIpc) is 2.55. The highest BCUT2D eigenvalue weighted by Crippen LogP contribution is 2.17. The van der Waals surface area contributed by atoms with Gasteiger partial charge in [-0.05, 0) is 25.0 Å². The Kier molecular flexibility index (Phi) is 5.52. The molecule has 3 amide bonds. The first-order valence-corrected chi connectivity index (χ1v) is 7.48. The van der Waals surface area contributed by atoms with E-state index in [1.165, 1.54) is 0 Å². The van der Waals surface area contributed by atoms with Crippen LogP contribution >= 0.6 is 0 Å². The molecule has 22 heavy (non-hydrogen) atoms. The van der Waals surface area contributed by atoms with E-state index in [4.69, 9.17) is 5.73 Å². The summed E-state index contributed by atoms with van der Waals surface area (Å²) in [6.45, 7) is 1.42. The predicted molar refractivity (Wildman–Crippen MR) is 81.9 cm³/mol. The largest absolute Gasteiger partial charge is 0.369 e. The standard InChI is InChI=1S/C16H21N3O3/c17-15(21)12-7-10-19(11-8-12)14(20)6-9-18-16(22)13-4-2-1-3-5-13/h1-5,12H,6-11H2,(H2,17,21)(H,18,22). The van der Waals surface area contributed by atoms with Gasteiger partial charge in [-0.15, -0.1) is 0 Å². The molecule has 1 fully saturated rings. The van der Waals surface area contributed by atoms with E-state index in [0.29, 0.717) is 38.0 Å². The van der Waals surface area contributed by atoms with Crippen LogP contribution in [0.3, 0.4) is 0 Å². The van der Waals surface area contributed by atoms with Crippen LogP contribution in [-0.4, -0.2) is 42.3 Å². The first-order valence-electron chi connectivity index (χ1n) is 7.48. The van der Waals surface area contributed by atoms with Gasteiger partial charge in [0.25, 0.3) is 5.91 Å². The smallest absolute Gasteiger partial charge is 0.251 e. The number of piperidine rings is 1. The minimum Gasteiger partial charge on any atom is -0.369 e. The summed E-state index contributed by atoms with van der Waals surface area (Å²) in [4.78, 5) is 36.7. The number of nitrogens with one attached hydrogen (secondary N) is 1. The number of amides is 3. The van der Waals surface area contributed by atoms with E-state index in [0.717, 1.165) is 0 Å². The van der Waals surface area contributed by atoms with Gasteiger partial charge in [0, 0.05) is 37.5 Å². The Hall–Kier alpha value is -2.37. The van der Waals surface area contributed by atoms with Crippen molar-refractivity contribution < 1.29 is 14.4 Å². The fourth-order valence-corrected chi connectivity index (χ4v) is 2.55. The molecule has 0 unspecified atom stereocenters. The average molecular weight is 303 g/mol. The van der Waals surface area contributed by atoms with Gasteiger partial charge < -0.3 is 16.0 Å². The van der Waals surface area contributed by atoms with Crippen molar-refractivity contribution >= 4 is 17.7 Å². The Labute approximate surface area is 129 Å². The van der Waals surface area contributed by atoms with Crippen LogP contribution < -0.4 is 11.1 Å². The van der Waals surface area contributed by atoms with Gasteiger partial charge in [0.15, 0.2) is 0 Å². The number of hydrogen-bond acceptors (Lipinski definition) is 3. The number of primary amides is 1. The van der Waals surface area contributed by atoms with Crippen molar-refractivity contribution in [2.45, 2.75) is 19.3 Å². The molecule has 2 rings (SSSR count). The molecule has 1 aliphatic heterocycles. The molecule has 0 spiro atoms. The molecular formula is C16H21N3O3. The van der Waals surface area contributed by atoms with Crippen LogP contribution in [0.1, 0.15) is 29.6 Å². The third-order valence-electron chi connectivity index (χ3n) is 3.91. The Bertz CT molecular complexity index is 537. The number of benzene rings is 1. The van der Waals surface area contributed by atoms with Gasteiger partial charge in [0.1, 0.15) is 0 Å². The maximum absolute atomic E-state index is 12.1. The highest BCUT2D eigenvalue weighted by Gasteiger charge is 2.25. The molecule has 6 heteroatoms. The molecule has 0 atom stereocenters. The van der Waals surface area contributed by atoms with Crippen LogP contribution in [0.4, 0.5) is 0 Å². The van der Waals surface area contributed by atoms with Crippen LogP contribution in [0, 0.1) is 5.92 Å². The van der Waals surface area contributed by atoms with Crippen LogP contribution in [0.2, 0.25) is 0 Å². The molecule has 1 aromatic rings. The third kappa shape index (κ3) is 4.31. The SMILES string of the molecule is NC(=O)C1CCN(C(=O)CCNC(=O)c2ccccc2)CC1. The van der Waals surface area contributed by atoms with Crippen LogP contribution in [0.15, 0.2) is 30.3 Å². The molecular weight excluding hydrogens is 282 g/mol. The van der Waals surface area contributed by atoms with Crippen molar-refractivity contribution in [2.75, 3.05) is 19.6 Å².